The zero-order valence-corrected chi connectivity index (χ0v) is 16.6. The van der Waals surface area contributed by atoms with E-state index < -0.39 is 33.2 Å². The van der Waals surface area contributed by atoms with Gasteiger partial charge in [-0.3, -0.25) is 14.1 Å². The first-order valence-electron chi connectivity index (χ1n) is 8.47. The van der Waals surface area contributed by atoms with Crippen molar-refractivity contribution in [1.82, 2.24) is 4.57 Å². The lowest BCUT2D eigenvalue weighted by Gasteiger charge is -2.23. The Hall–Kier alpha value is -2.61. The molecule has 0 bridgehead atoms. The number of hydrogen-bond donors (Lipinski definition) is 1. The van der Waals surface area contributed by atoms with Crippen LogP contribution in [0.15, 0.2) is 53.5 Å². The second kappa shape index (κ2) is 7.96. The van der Waals surface area contributed by atoms with Gasteiger partial charge in [0.05, 0.1) is 5.75 Å². The first-order chi connectivity index (χ1) is 12.5. The summed E-state index contributed by atoms with van der Waals surface area (Å²) in [6.07, 6.45) is 1.42. The topological polar surface area (TPSA) is 94.5 Å². The standard InChI is InChI=1S/C19H24N2O5S/c1-14(18(23)26-19(2,3)4)21-12-8-11-16(17(21)22)20-27(24,25)13-15-9-6-5-7-10-15/h5-12,14,20H,13H2,1-4H3. The number of anilines is 1. The summed E-state index contributed by atoms with van der Waals surface area (Å²) in [6.45, 7) is 6.72. The van der Waals surface area contributed by atoms with E-state index in [0.717, 1.165) is 4.57 Å². The Labute approximate surface area is 159 Å². The van der Waals surface area contributed by atoms with Gasteiger partial charge in [-0.2, -0.15) is 0 Å². The SMILES string of the molecule is CC(C(=O)OC(C)(C)C)n1cccc(NS(=O)(=O)Cc2ccccc2)c1=O. The summed E-state index contributed by atoms with van der Waals surface area (Å²) < 4.78 is 33.5. The lowest BCUT2D eigenvalue weighted by Crippen LogP contribution is -2.34. The van der Waals surface area contributed by atoms with Gasteiger partial charge in [0.25, 0.3) is 5.56 Å². The summed E-state index contributed by atoms with van der Waals surface area (Å²) in [5, 5.41) is 0. The summed E-state index contributed by atoms with van der Waals surface area (Å²) >= 11 is 0. The monoisotopic (exact) mass is 392 g/mol. The molecule has 1 aromatic heterocycles. The van der Waals surface area contributed by atoms with Crippen LogP contribution in [0.25, 0.3) is 0 Å². The van der Waals surface area contributed by atoms with Crippen LogP contribution in [0.1, 0.15) is 39.3 Å². The minimum absolute atomic E-state index is 0.121. The largest absolute Gasteiger partial charge is 0.458 e. The molecule has 27 heavy (non-hydrogen) atoms. The number of sulfonamides is 1. The quantitative estimate of drug-likeness (QED) is 0.763. The molecule has 2 aromatic rings. The van der Waals surface area contributed by atoms with Gasteiger partial charge < -0.3 is 4.74 Å². The van der Waals surface area contributed by atoms with Crippen molar-refractivity contribution in [2.24, 2.45) is 0 Å². The first-order valence-corrected chi connectivity index (χ1v) is 10.1. The Kier molecular flexibility index (Phi) is 6.10. The number of aromatic nitrogens is 1. The molecule has 0 radical (unpaired) electrons. The number of pyridine rings is 1. The second-order valence-electron chi connectivity index (χ2n) is 7.19. The molecule has 1 atom stereocenters. The maximum Gasteiger partial charge on any atom is 0.329 e. The number of nitrogens with one attached hydrogen (secondary N) is 1. The number of carbonyl (C=O) groups excluding carboxylic acids is 1. The molecule has 0 spiro atoms. The molecule has 0 aliphatic carbocycles. The highest BCUT2D eigenvalue weighted by Crippen LogP contribution is 2.15. The Morgan fingerprint density at radius 3 is 2.37 bits per heavy atom. The number of benzene rings is 1. The van der Waals surface area contributed by atoms with Crippen molar-refractivity contribution < 1.29 is 17.9 Å². The maximum absolute atomic E-state index is 12.6. The van der Waals surface area contributed by atoms with Crippen LogP contribution in [0, 0.1) is 0 Å². The third-order valence-electron chi connectivity index (χ3n) is 3.60. The number of rotatable bonds is 6. The van der Waals surface area contributed by atoms with E-state index in [9.17, 15) is 18.0 Å². The molecule has 1 N–H and O–H groups in total. The second-order valence-corrected chi connectivity index (χ2v) is 8.91. The molecule has 1 heterocycles. The highest BCUT2D eigenvalue weighted by molar-refractivity contribution is 7.91. The van der Waals surface area contributed by atoms with Crippen molar-refractivity contribution in [1.29, 1.82) is 0 Å². The highest BCUT2D eigenvalue weighted by Gasteiger charge is 2.24. The number of hydrogen-bond acceptors (Lipinski definition) is 5. The van der Waals surface area contributed by atoms with Crippen LogP contribution in [-0.2, 0) is 25.3 Å². The van der Waals surface area contributed by atoms with Crippen molar-refractivity contribution in [2.45, 2.75) is 45.1 Å². The van der Waals surface area contributed by atoms with E-state index in [-0.39, 0.29) is 11.4 Å². The molecule has 146 valence electrons. The summed E-state index contributed by atoms with van der Waals surface area (Å²) in [4.78, 5) is 24.9. The molecule has 0 aliphatic rings. The van der Waals surface area contributed by atoms with Crippen molar-refractivity contribution in [3.8, 4) is 0 Å². The van der Waals surface area contributed by atoms with Gasteiger partial charge in [-0.05, 0) is 45.4 Å². The Morgan fingerprint density at radius 1 is 1.15 bits per heavy atom. The van der Waals surface area contributed by atoms with Crippen LogP contribution in [0.3, 0.4) is 0 Å². The Morgan fingerprint density at radius 2 is 1.78 bits per heavy atom. The smallest absolute Gasteiger partial charge is 0.329 e. The predicted molar refractivity (Wildman–Crippen MR) is 104 cm³/mol. The minimum Gasteiger partial charge on any atom is -0.458 e. The summed E-state index contributed by atoms with van der Waals surface area (Å²) in [5.41, 5.74) is -0.830. The average Bonchev–Trinajstić information content (AvgIpc) is 2.55. The molecular weight excluding hydrogens is 368 g/mol. The molecule has 0 saturated heterocycles. The fourth-order valence-electron chi connectivity index (χ4n) is 2.39. The molecule has 7 nitrogen and oxygen atoms in total. The normalized spacial score (nSPS) is 13.0. The van der Waals surface area contributed by atoms with E-state index in [1.165, 1.54) is 25.3 Å². The fraction of sp³-hybridized carbons (Fsp3) is 0.368. The number of carbonyl (C=O) groups is 1. The number of ether oxygens (including phenoxy) is 1. The molecule has 0 aliphatic heterocycles. The predicted octanol–water partition coefficient (Wildman–Crippen LogP) is 2.69. The third kappa shape index (κ3) is 5.96. The van der Waals surface area contributed by atoms with E-state index in [2.05, 4.69) is 4.72 Å². The van der Waals surface area contributed by atoms with Gasteiger partial charge in [0.2, 0.25) is 10.0 Å². The first kappa shape index (κ1) is 20.7. The molecular formula is C19H24N2O5S. The molecule has 0 amide bonds. The lowest BCUT2D eigenvalue weighted by atomic mass is 10.2. The van der Waals surface area contributed by atoms with Crippen LogP contribution in [-0.4, -0.2) is 24.6 Å². The van der Waals surface area contributed by atoms with Gasteiger partial charge in [-0.25, -0.2) is 13.2 Å². The number of esters is 1. The zero-order valence-electron chi connectivity index (χ0n) is 15.8. The third-order valence-corrected chi connectivity index (χ3v) is 4.85. The fourth-order valence-corrected chi connectivity index (χ4v) is 3.58. The molecule has 0 saturated carbocycles. The van der Waals surface area contributed by atoms with E-state index in [4.69, 9.17) is 4.74 Å². The minimum atomic E-state index is -3.78. The molecule has 8 heteroatoms. The van der Waals surface area contributed by atoms with Crippen molar-refractivity contribution in [3.63, 3.8) is 0 Å². The van der Waals surface area contributed by atoms with E-state index in [0.29, 0.717) is 5.56 Å². The van der Waals surface area contributed by atoms with Gasteiger partial charge in [0, 0.05) is 6.20 Å². The van der Waals surface area contributed by atoms with Crippen LogP contribution in [0.4, 0.5) is 5.69 Å². The molecule has 0 fully saturated rings. The Balaban J connectivity index is 2.24. The van der Waals surface area contributed by atoms with E-state index >= 15 is 0 Å². The van der Waals surface area contributed by atoms with E-state index in [1.54, 1.807) is 51.1 Å². The van der Waals surface area contributed by atoms with Gasteiger partial charge in [-0.15, -0.1) is 0 Å². The molecule has 1 aromatic carbocycles. The van der Waals surface area contributed by atoms with Gasteiger partial charge >= 0.3 is 5.97 Å². The molecule has 2 rings (SSSR count). The summed E-state index contributed by atoms with van der Waals surface area (Å²) in [5.74, 6) is -0.835. The zero-order chi connectivity index (χ0) is 20.2. The van der Waals surface area contributed by atoms with Crippen LogP contribution in [0.5, 0.6) is 0 Å². The maximum atomic E-state index is 12.6. The Bertz CT molecular complexity index is 960. The highest BCUT2D eigenvalue weighted by atomic mass is 32.2. The van der Waals surface area contributed by atoms with Crippen molar-refractivity contribution in [2.75, 3.05) is 4.72 Å². The summed E-state index contributed by atoms with van der Waals surface area (Å²) in [6, 6.07) is 10.6. The van der Waals surface area contributed by atoms with Crippen LogP contribution >= 0.6 is 0 Å². The van der Waals surface area contributed by atoms with Crippen LogP contribution < -0.4 is 10.3 Å². The number of nitrogens with zero attached hydrogens (tertiary/aromatic N) is 1. The molecule has 1 unspecified atom stereocenters. The summed E-state index contributed by atoms with van der Waals surface area (Å²) in [7, 11) is -3.78. The van der Waals surface area contributed by atoms with Gasteiger partial charge in [0.15, 0.2) is 0 Å². The van der Waals surface area contributed by atoms with Crippen molar-refractivity contribution in [3.05, 3.63) is 64.6 Å². The van der Waals surface area contributed by atoms with Crippen LogP contribution in [0.2, 0.25) is 0 Å². The average molecular weight is 392 g/mol. The van der Waals surface area contributed by atoms with Gasteiger partial charge in [0.1, 0.15) is 17.3 Å². The lowest BCUT2D eigenvalue weighted by molar-refractivity contribution is -0.158. The van der Waals surface area contributed by atoms with E-state index in [1.807, 2.05) is 0 Å². The van der Waals surface area contributed by atoms with Gasteiger partial charge in [-0.1, -0.05) is 30.3 Å². The van der Waals surface area contributed by atoms with Crippen molar-refractivity contribution >= 4 is 21.7 Å².